The van der Waals surface area contributed by atoms with E-state index in [4.69, 9.17) is 16.3 Å². The monoisotopic (exact) mass is 485 g/mol. The number of rotatable bonds is 6. The summed E-state index contributed by atoms with van der Waals surface area (Å²) in [4.78, 5) is 26.5. The Bertz CT molecular complexity index is 1550. The fourth-order valence-corrected chi connectivity index (χ4v) is 4.01. The molecular weight excluding hydrogens is 465 g/mol. The van der Waals surface area contributed by atoms with Crippen LogP contribution in [0.3, 0.4) is 0 Å². The van der Waals surface area contributed by atoms with Crippen LogP contribution in [0.15, 0.2) is 46.5 Å². The van der Waals surface area contributed by atoms with E-state index in [0.717, 1.165) is 9.36 Å². The molecule has 0 atom stereocenters. The molecule has 1 N–H and O–H groups in total. The molecule has 0 aliphatic heterocycles. The highest BCUT2D eigenvalue weighted by atomic mass is 35.5. The zero-order valence-electron chi connectivity index (χ0n) is 18.7. The molecule has 0 bridgehead atoms. The minimum absolute atomic E-state index is 0.000784. The van der Waals surface area contributed by atoms with E-state index < -0.39 is 23.7 Å². The van der Waals surface area contributed by atoms with Gasteiger partial charge in [0.25, 0.3) is 5.56 Å². The molecule has 0 aliphatic carbocycles. The van der Waals surface area contributed by atoms with Gasteiger partial charge < -0.3 is 9.84 Å². The van der Waals surface area contributed by atoms with Crippen molar-refractivity contribution in [1.29, 1.82) is 0 Å². The highest BCUT2D eigenvalue weighted by Crippen LogP contribution is 2.31. The molecule has 4 rings (SSSR count). The predicted molar refractivity (Wildman–Crippen MR) is 127 cm³/mol. The number of allylic oxidation sites excluding steroid dienone is 1. The van der Waals surface area contributed by atoms with Crippen LogP contribution in [0.2, 0.25) is 5.02 Å². The summed E-state index contributed by atoms with van der Waals surface area (Å²) >= 11 is 6.20. The third-order valence-corrected chi connectivity index (χ3v) is 5.68. The summed E-state index contributed by atoms with van der Waals surface area (Å²) in [6, 6.07) is 7.02. The van der Waals surface area contributed by atoms with Crippen molar-refractivity contribution in [3.8, 4) is 17.1 Å². The van der Waals surface area contributed by atoms with Gasteiger partial charge in [0.1, 0.15) is 23.7 Å². The number of methoxy groups -OCH3 is 1. The molecule has 0 fully saturated rings. The van der Waals surface area contributed by atoms with Gasteiger partial charge in [-0.25, -0.2) is 9.18 Å². The van der Waals surface area contributed by atoms with E-state index >= 15 is 0 Å². The van der Waals surface area contributed by atoms with Crippen molar-refractivity contribution in [1.82, 2.24) is 24.1 Å². The second kappa shape index (κ2) is 8.88. The first kappa shape index (κ1) is 23.4. The first-order valence-corrected chi connectivity index (χ1v) is 10.7. The van der Waals surface area contributed by atoms with Gasteiger partial charge in [0.05, 0.1) is 23.2 Å². The van der Waals surface area contributed by atoms with Crippen LogP contribution >= 0.6 is 11.6 Å². The Morgan fingerprint density at radius 3 is 2.50 bits per heavy atom. The van der Waals surface area contributed by atoms with E-state index in [1.165, 1.54) is 35.9 Å². The summed E-state index contributed by atoms with van der Waals surface area (Å²) < 4.78 is 23.4. The maximum atomic E-state index is 14.7. The van der Waals surface area contributed by atoms with E-state index in [2.05, 4.69) is 16.8 Å². The zero-order valence-corrected chi connectivity index (χ0v) is 19.4. The molecular formula is C23H21ClFN5O4. The van der Waals surface area contributed by atoms with Crippen molar-refractivity contribution in [2.45, 2.75) is 27.0 Å². The SMILES string of the molecule is C=C(C)c1nn(-c2c(F)cccc2Cl)c(=O)c2cc(-n3nc(CO)n(CC)c3=O)c(OC)cc12. The van der Waals surface area contributed by atoms with Crippen molar-refractivity contribution in [2.75, 3.05) is 7.11 Å². The molecule has 0 aliphatic rings. The number of nitrogens with zero attached hydrogens (tertiary/aromatic N) is 5. The lowest BCUT2D eigenvalue weighted by molar-refractivity contribution is 0.264. The second-order valence-electron chi connectivity index (χ2n) is 7.50. The standard InChI is InChI=1S/C23H21ClFN5O4/c1-5-28-19(11-31)26-29(23(28)33)17-9-14-13(10-18(17)34-4)20(12(2)3)27-30(22(14)32)21-15(24)7-6-8-16(21)25/h6-10,31H,2,5,11H2,1,3-4H3. The van der Waals surface area contributed by atoms with Gasteiger partial charge >= 0.3 is 5.69 Å². The van der Waals surface area contributed by atoms with Crippen molar-refractivity contribution >= 4 is 27.9 Å². The van der Waals surface area contributed by atoms with E-state index in [9.17, 15) is 19.1 Å². The fraction of sp³-hybridized carbons (Fsp3) is 0.217. The van der Waals surface area contributed by atoms with Crippen molar-refractivity contribution in [2.24, 2.45) is 0 Å². The zero-order chi connectivity index (χ0) is 24.7. The van der Waals surface area contributed by atoms with Crippen molar-refractivity contribution in [3.63, 3.8) is 0 Å². The van der Waals surface area contributed by atoms with Gasteiger partial charge in [-0.2, -0.15) is 14.5 Å². The normalized spacial score (nSPS) is 11.2. The quantitative estimate of drug-likeness (QED) is 0.450. The lowest BCUT2D eigenvalue weighted by Crippen LogP contribution is -2.26. The number of para-hydroxylation sites is 1. The molecule has 2 aromatic heterocycles. The van der Waals surface area contributed by atoms with Crippen LogP contribution < -0.4 is 16.0 Å². The summed E-state index contributed by atoms with van der Waals surface area (Å²) in [5, 5.41) is 18.6. The maximum Gasteiger partial charge on any atom is 0.350 e. The van der Waals surface area contributed by atoms with Gasteiger partial charge in [0.2, 0.25) is 0 Å². The largest absolute Gasteiger partial charge is 0.494 e. The van der Waals surface area contributed by atoms with E-state index in [1.54, 1.807) is 19.9 Å². The van der Waals surface area contributed by atoms with Crippen LogP contribution in [0, 0.1) is 5.82 Å². The summed E-state index contributed by atoms with van der Waals surface area (Å²) in [6.07, 6.45) is 0. The smallest absolute Gasteiger partial charge is 0.350 e. The highest BCUT2D eigenvalue weighted by molar-refractivity contribution is 6.32. The lowest BCUT2D eigenvalue weighted by atomic mass is 10.1. The number of hydrogen-bond acceptors (Lipinski definition) is 6. The molecule has 0 saturated heterocycles. The number of aliphatic hydroxyl groups is 1. The first-order chi connectivity index (χ1) is 16.2. The molecule has 11 heteroatoms. The van der Waals surface area contributed by atoms with Crippen molar-refractivity contribution in [3.05, 3.63) is 80.1 Å². The average molecular weight is 486 g/mol. The molecule has 34 heavy (non-hydrogen) atoms. The van der Waals surface area contributed by atoms with Crippen LogP contribution in [0.25, 0.3) is 27.7 Å². The molecule has 0 unspecified atom stereocenters. The fourth-order valence-electron chi connectivity index (χ4n) is 3.77. The second-order valence-corrected chi connectivity index (χ2v) is 7.91. The first-order valence-electron chi connectivity index (χ1n) is 10.3. The topological polar surface area (TPSA) is 104 Å². The Labute approximate surface area is 197 Å². The van der Waals surface area contributed by atoms with Crippen molar-refractivity contribution < 1.29 is 14.2 Å². The molecule has 2 aromatic carbocycles. The summed E-state index contributed by atoms with van der Waals surface area (Å²) in [5.41, 5.74) is -0.385. The number of aliphatic hydroxyl groups excluding tert-OH is 1. The van der Waals surface area contributed by atoms with Crippen LogP contribution in [-0.2, 0) is 13.2 Å². The summed E-state index contributed by atoms with van der Waals surface area (Å²) in [5.74, 6) is -0.332. The Kier molecular flexibility index (Phi) is 6.11. The number of fused-ring (bicyclic) bond motifs is 1. The van der Waals surface area contributed by atoms with E-state index in [1.807, 2.05) is 0 Å². The number of halogens is 2. The summed E-state index contributed by atoms with van der Waals surface area (Å²) in [7, 11) is 1.41. The number of benzene rings is 2. The molecule has 176 valence electrons. The average Bonchev–Trinajstić information content (AvgIpc) is 3.14. The van der Waals surface area contributed by atoms with Gasteiger partial charge in [0.15, 0.2) is 11.6 Å². The van der Waals surface area contributed by atoms with E-state index in [-0.39, 0.29) is 39.9 Å². The van der Waals surface area contributed by atoms with E-state index in [0.29, 0.717) is 16.7 Å². The molecule has 0 spiro atoms. The van der Waals surface area contributed by atoms with Gasteiger partial charge in [-0.15, -0.1) is 5.10 Å². The van der Waals surface area contributed by atoms with Crippen LogP contribution in [0.5, 0.6) is 5.75 Å². The van der Waals surface area contributed by atoms with Gasteiger partial charge in [0, 0.05) is 11.9 Å². The lowest BCUT2D eigenvalue weighted by Gasteiger charge is -2.15. The number of aromatic nitrogens is 5. The molecule has 9 nitrogen and oxygen atoms in total. The highest BCUT2D eigenvalue weighted by Gasteiger charge is 2.22. The predicted octanol–water partition coefficient (Wildman–Crippen LogP) is 3.08. The summed E-state index contributed by atoms with van der Waals surface area (Å²) in [6.45, 7) is 7.20. The van der Waals surface area contributed by atoms with Gasteiger partial charge in [-0.05, 0) is 43.7 Å². The molecule has 2 heterocycles. The Morgan fingerprint density at radius 1 is 1.21 bits per heavy atom. The molecule has 0 radical (unpaired) electrons. The minimum atomic E-state index is -0.728. The van der Waals surface area contributed by atoms with Gasteiger partial charge in [-0.1, -0.05) is 24.2 Å². The third kappa shape index (κ3) is 3.61. The number of ether oxygens (including phenoxy) is 1. The molecule has 4 aromatic rings. The van der Waals surface area contributed by atoms with Crippen LogP contribution in [0.1, 0.15) is 25.4 Å². The molecule has 0 saturated carbocycles. The Hall–Kier alpha value is -3.76. The maximum absolute atomic E-state index is 14.7. The third-order valence-electron chi connectivity index (χ3n) is 5.38. The molecule has 0 amide bonds. The minimum Gasteiger partial charge on any atom is -0.494 e. The Balaban J connectivity index is 2.14. The van der Waals surface area contributed by atoms with Crippen LogP contribution in [0.4, 0.5) is 4.39 Å². The Morgan fingerprint density at radius 2 is 1.94 bits per heavy atom. The number of hydrogen-bond donors (Lipinski definition) is 1. The van der Waals surface area contributed by atoms with Crippen LogP contribution in [-0.4, -0.2) is 36.3 Å². The van der Waals surface area contributed by atoms with Gasteiger partial charge in [-0.3, -0.25) is 9.36 Å².